The molecule has 1 saturated heterocycles. The predicted octanol–water partition coefficient (Wildman–Crippen LogP) is 0.0905. The van der Waals surface area contributed by atoms with Gasteiger partial charge >= 0.3 is 6.18 Å². The number of sulfonamides is 1. The molecule has 5 nitrogen and oxygen atoms in total. The fourth-order valence-corrected chi connectivity index (χ4v) is 2.89. The van der Waals surface area contributed by atoms with Crippen molar-refractivity contribution in [1.82, 2.24) is 9.62 Å². The van der Waals surface area contributed by atoms with Crippen LogP contribution in [0.5, 0.6) is 0 Å². The van der Waals surface area contributed by atoms with Gasteiger partial charge in [0.1, 0.15) is 0 Å². The zero-order chi connectivity index (χ0) is 13.1. The predicted molar refractivity (Wildman–Crippen MR) is 53.7 cm³/mol. The molecule has 0 saturated carbocycles. The third-order valence-electron chi connectivity index (χ3n) is 2.26. The van der Waals surface area contributed by atoms with Gasteiger partial charge < -0.3 is 5.32 Å². The summed E-state index contributed by atoms with van der Waals surface area (Å²) in [5, 5.41) is 2.44. The lowest BCUT2D eigenvalue weighted by Gasteiger charge is -2.25. The first-order valence-electron chi connectivity index (χ1n) is 5.02. The van der Waals surface area contributed by atoms with Gasteiger partial charge in [0.05, 0.1) is 12.3 Å². The Morgan fingerprint density at radius 3 is 2.53 bits per heavy atom. The van der Waals surface area contributed by atoms with E-state index >= 15 is 0 Å². The van der Waals surface area contributed by atoms with E-state index < -0.39 is 40.7 Å². The molecule has 0 unspecified atom stereocenters. The van der Waals surface area contributed by atoms with Crippen LogP contribution >= 0.6 is 0 Å². The SMILES string of the molecule is O=C1CN(S(=O)(=O)CCCC(F)(F)F)CCN1. The Balaban J connectivity index is 2.48. The molecule has 0 aliphatic carbocycles. The van der Waals surface area contributed by atoms with Gasteiger partial charge in [-0.2, -0.15) is 17.5 Å². The van der Waals surface area contributed by atoms with E-state index in [1.165, 1.54) is 0 Å². The van der Waals surface area contributed by atoms with Gasteiger partial charge in [0, 0.05) is 19.5 Å². The van der Waals surface area contributed by atoms with Crippen LogP contribution < -0.4 is 5.32 Å². The number of nitrogens with one attached hydrogen (secondary N) is 1. The van der Waals surface area contributed by atoms with Crippen molar-refractivity contribution < 1.29 is 26.4 Å². The molecule has 0 aromatic carbocycles. The number of carbonyl (C=O) groups is 1. The maximum absolute atomic E-state index is 11.9. The highest BCUT2D eigenvalue weighted by Gasteiger charge is 2.30. The summed E-state index contributed by atoms with van der Waals surface area (Å²) >= 11 is 0. The lowest BCUT2D eigenvalue weighted by molar-refractivity contribution is -0.134. The maximum atomic E-state index is 11.9. The van der Waals surface area contributed by atoms with Crippen LogP contribution in [-0.2, 0) is 14.8 Å². The second-order valence-corrected chi connectivity index (χ2v) is 5.81. The van der Waals surface area contributed by atoms with E-state index in [2.05, 4.69) is 5.32 Å². The average Bonchev–Trinajstić information content (AvgIpc) is 2.15. The quantitative estimate of drug-likeness (QED) is 0.790. The van der Waals surface area contributed by atoms with Gasteiger partial charge in [-0.05, 0) is 6.42 Å². The molecule has 17 heavy (non-hydrogen) atoms. The summed E-state index contributed by atoms with van der Waals surface area (Å²) in [4.78, 5) is 11.0. The van der Waals surface area contributed by atoms with Crippen molar-refractivity contribution in [3.8, 4) is 0 Å². The Bertz CT molecular complexity index is 380. The first kappa shape index (κ1) is 14.2. The summed E-state index contributed by atoms with van der Waals surface area (Å²) in [6.07, 6.45) is -5.97. The third kappa shape index (κ3) is 4.90. The Hall–Kier alpha value is -0.830. The first-order valence-corrected chi connectivity index (χ1v) is 6.63. The van der Waals surface area contributed by atoms with E-state index in [4.69, 9.17) is 0 Å². The van der Waals surface area contributed by atoms with Crippen molar-refractivity contribution in [3.63, 3.8) is 0 Å². The average molecular weight is 274 g/mol. The number of hydrogen-bond acceptors (Lipinski definition) is 3. The molecule has 0 aromatic rings. The van der Waals surface area contributed by atoms with E-state index in [9.17, 15) is 26.4 Å². The summed E-state index contributed by atoms with van der Waals surface area (Å²) in [5.41, 5.74) is 0. The van der Waals surface area contributed by atoms with Crippen LogP contribution in [0, 0.1) is 0 Å². The molecule has 100 valence electrons. The molecule has 1 amide bonds. The number of piperazine rings is 1. The Morgan fingerprint density at radius 2 is 2.00 bits per heavy atom. The number of amides is 1. The molecule has 1 rings (SSSR count). The van der Waals surface area contributed by atoms with Crippen molar-refractivity contribution in [2.45, 2.75) is 19.0 Å². The topological polar surface area (TPSA) is 66.5 Å². The van der Waals surface area contributed by atoms with E-state index in [0.29, 0.717) is 0 Å². The minimum atomic E-state index is -4.35. The van der Waals surface area contributed by atoms with Crippen molar-refractivity contribution >= 4 is 15.9 Å². The molecular weight excluding hydrogens is 261 g/mol. The largest absolute Gasteiger partial charge is 0.389 e. The minimum Gasteiger partial charge on any atom is -0.354 e. The summed E-state index contributed by atoms with van der Waals surface area (Å²) in [6.45, 7) is -0.00816. The van der Waals surface area contributed by atoms with Crippen LogP contribution in [0.2, 0.25) is 0 Å². The van der Waals surface area contributed by atoms with Gasteiger partial charge in [0.15, 0.2) is 0 Å². The number of halogens is 3. The standard InChI is InChI=1S/C8H13F3N2O3S/c9-8(10,11)2-1-5-17(15,16)13-4-3-12-7(14)6-13/h1-6H2,(H,12,14). The van der Waals surface area contributed by atoms with E-state index in [1.54, 1.807) is 0 Å². The summed E-state index contributed by atoms with van der Waals surface area (Å²) < 4.78 is 59.7. The molecular formula is C8H13F3N2O3S. The van der Waals surface area contributed by atoms with Crippen LogP contribution in [0.25, 0.3) is 0 Å². The van der Waals surface area contributed by atoms with Gasteiger partial charge in [0.25, 0.3) is 0 Å². The van der Waals surface area contributed by atoms with Crippen molar-refractivity contribution in [2.75, 3.05) is 25.4 Å². The third-order valence-corrected chi connectivity index (χ3v) is 4.16. The Labute approximate surface area is 97.0 Å². The van der Waals surface area contributed by atoms with Gasteiger partial charge in [-0.1, -0.05) is 0 Å². The second kappa shape index (κ2) is 5.21. The number of rotatable bonds is 4. The summed E-state index contributed by atoms with van der Waals surface area (Å²) in [7, 11) is -3.77. The zero-order valence-corrected chi connectivity index (χ0v) is 9.77. The van der Waals surface area contributed by atoms with Crippen LogP contribution in [0.15, 0.2) is 0 Å². The molecule has 1 aliphatic rings. The number of nitrogens with zero attached hydrogens (tertiary/aromatic N) is 1. The zero-order valence-electron chi connectivity index (χ0n) is 8.96. The maximum Gasteiger partial charge on any atom is 0.389 e. The fraction of sp³-hybridized carbons (Fsp3) is 0.875. The van der Waals surface area contributed by atoms with Crippen LogP contribution in [0.4, 0.5) is 13.2 Å². The molecule has 0 atom stereocenters. The molecule has 1 N–H and O–H groups in total. The highest BCUT2D eigenvalue weighted by atomic mass is 32.2. The fourth-order valence-electron chi connectivity index (χ4n) is 1.44. The van der Waals surface area contributed by atoms with Crippen LogP contribution in [0.3, 0.4) is 0 Å². The van der Waals surface area contributed by atoms with E-state index in [1.807, 2.05) is 0 Å². The lowest BCUT2D eigenvalue weighted by Crippen LogP contribution is -2.50. The highest BCUT2D eigenvalue weighted by Crippen LogP contribution is 2.22. The Morgan fingerprint density at radius 1 is 1.35 bits per heavy atom. The number of alkyl halides is 3. The number of hydrogen-bond donors (Lipinski definition) is 1. The van der Waals surface area contributed by atoms with Gasteiger partial charge in [-0.15, -0.1) is 0 Å². The molecule has 9 heteroatoms. The molecule has 0 radical (unpaired) electrons. The molecule has 0 bridgehead atoms. The lowest BCUT2D eigenvalue weighted by atomic mass is 10.3. The normalized spacial score (nSPS) is 19.1. The summed E-state index contributed by atoms with van der Waals surface area (Å²) in [5.74, 6) is -1.02. The van der Waals surface area contributed by atoms with Gasteiger partial charge in [-0.25, -0.2) is 8.42 Å². The second-order valence-electron chi connectivity index (χ2n) is 3.72. The minimum absolute atomic E-state index is 0.111. The molecule has 1 aliphatic heterocycles. The van der Waals surface area contributed by atoms with Crippen molar-refractivity contribution in [2.24, 2.45) is 0 Å². The van der Waals surface area contributed by atoms with Gasteiger partial charge in [-0.3, -0.25) is 4.79 Å². The smallest absolute Gasteiger partial charge is 0.354 e. The number of carbonyl (C=O) groups excluding carboxylic acids is 1. The van der Waals surface area contributed by atoms with Crippen molar-refractivity contribution in [1.29, 1.82) is 0 Å². The Kier molecular flexibility index (Phi) is 4.36. The molecule has 0 aromatic heterocycles. The van der Waals surface area contributed by atoms with Crippen LogP contribution in [0.1, 0.15) is 12.8 Å². The summed E-state index contributed by atoms with van der Waals surface area (Å²) in [6, 6.07) is 0. The van der Waals surface area contributed by atoms with Crippen LogP contribution in [-0.4, -0.2) is 50.2 Å². The van der Waals surface area contributed by atoms with Gasteiger partial charge in [0.2, 0.25) is 15.9 Å². The monoisotopic (exact) mass is 274 g/mol. The molecule has 1 heterocycles. The molecule has 1 fully saturated rings. The molecule has 0 spiro atoms. The highest BCUT2D eigenvalue weighted by molar-refractivity contribution is 7.89. The first-order chi connectivity index (χ1) is 7.71. The van der Waals surface area contributed by atoms with E-state index in [-0.39, 0.29) is 19.6 Å². The van der Waals surface area contributed by atoms with Crippen molar-refractivity contribution in [3.05, 3.63) is 0 Å². The van der Waals surface area contributed by atoms with E-state index in [0.717, 1.165) is 4.31 Å².